The van der Waals surface area contributed by atoms with E-state index in [0.29, 0.717) is 11.1 Å². The van der Waals surface area contributed by atoms with E-state index in [1.165, 1.54) is 0 Å². The molecule has 0 radical (unpaired) electrons. The van der Waals surface area contributed by atoms with Crippen molar-refractivity contribution >= 4 is 22.8 Å². The maximum absolute atomic E-state index is 11.2. The zero-order valence-corrected chi connectivity index (χ0v) is 11.1. The highest BCUT2D eigenvalue weighted by Crippen LogP contribution is 2.11. The lowest BCUT2D eigenvalue weighted by atomic mass is 10.2. The van der Waals surface area contributed by atoms with Gasteiger partial charge in [0.15, 0.2) is 0 Å². The summed E-state index contributed by atoms with van der Waals surface area (Å²) in [5.41, 5.74) is 6.15. The van der Waals surface area contributed by atoms with Crippen molar-refractivity contribution in [3.8, 4) is 0 Å². The van der Waals surface area contributed by atoms with Crippen LogP contribution >= 0.6 is 0 Å². The van der Waals surface area contributed by atoms with Crippen LogP contribution in [0.5, 0.6) is 0 Å². The largest absolute Gasteiger partial charge is 0.422 e. The minimum absolute atomic E-state index is 0.148. The molecule has 0 unspecified atom stereocenters. The first-order valence-corrected chi connectivity index (χ1v) is 6.29. The second kappa shape index (κ2) is 6.29. The van der Waals surface area contributed by atoms with Gasteiger partial charge in [-0.05, 0) is 12.1 Å². The van der Waals surface area contributed by atoms with Gasteiger partial charge < -0.3 is 10.2 Å². The smallest absolute Gasteiger partial charge is 0.340 e. The number of carbonyl (C=O) groups is 2. The minimum atomic E-state index is -0.505. The van der Waals surface area contributed by atoms with Gasteiger partial charge in [0, 0.05) is 24.8 Å². The van der Waals surface area contributed by atoms with E-state index < -0.39 is 11.8 Å². The molecule has 0 spiro atoms. The number of amides is 2. The molecular formula is C14H14N2O5. The van der Waals surface area contributed by atoms with Gasteiger partial charge >= 0.3 is 5.63 Å². The molecule has 1 aromatic heterocycles. The number of hydroxylamine groups is 2. The predicted octanol–water partition coefficient (Wildman–Crippen LogP) is 0.776. The van der Waals surface area contributed by atoms with Crippen LogP contribution < -0.4 is 11.4 Å². The third-order valence-corrected chi connectivity index (χ3v) is 2.96. The Morgan fingerprint density at radius 1 is 1.14 bits per heavy atom. The van der Waals surface area contributed by atoms with Crippen LogP contribution in [0.1, 0.15) is 18.4 Å². The number of hydrogen-bond donors (Lipinski definition) is 2. The first kappa shape index (κ1) is 14.9. The number of fused-ring (bicyclic) bond motifs is 1. The fraction of sp³-hybridized carbons (Fsp3) is 0.214. The summed E-state index contributed by atoms with van der Waals surface area (Å²) in [4.78, 5) is 31.7. The molecule has 110 valence electrons. The molecule has 3 N–H and O–H groups in total. The van der Waals surface area contributed by atoms with Crippen molar-refractivity contribution in [2.75, 3.05) is 0 Å². The van der Waals surface area contributed by atoms with Crippen LogP contribution in [0.15, 0.2) is 39.5 Å². The fourth-order valence-electron chi connectivity index (χ4n) is 1.81. The van der Waals surface area contributed by atoms with Crippen LogP contribution in [-0.2, 0) is 16.1 Å². The van der Waals surface area contributed by atoms with Crippen LogP contribution in [0.25, 0.3) is 11.0 Å². The molecule has 0 aliphatic carbocycles. The number of benzene rings is 1. The molecule has 1 aliphatic heterocycles. The van der Waals surface area contributed by atoms with Gasteiger partial charge in [-0.3, -0.25) is 14.8 Å². The van der Waals surface area contributed by atoms with E-state index in [2.05, 4.69) is 0 Å². The van der Waals surface area contributed by atoms with E-state index in [9.17, 15) is 14.4 Å². The Morgan fingerprint density at radius 3 is 2.29 bits per heavy atom. The molecule has 2 aromatic rings. The standard InChI is InChI=1S/C10H9NO2.C4H5NO3/c11-6-8-5-7-3-1-2-4-9(7)13-10(8)12;6-3-1-2-4(7)5(3)8/h1-5H,6,11H2;8H,1-2H2. The first-order valence-electron chi connectivity index (χ1n) is 6.29. The zero-order chi connectivity index (χ0) is 15.4. The summed E-state index contributed by atoms with van der Waals surface area (Å²) >= 11 is 0. The number of nitrogens with two attached hydrogens (primary N) is 1. The van der Waals surface area contributed by atoms with E-state index in [-0.39, 0.29) is 30.1 Å². The maximum Gasteiger partial charge on any atom is 0.340 e. The van der Waals surface area contributed by atoms with E-state index >= 15 is 0 Å². The Morgan fingerprint density at radius 2 is 1.76 bits per heavy atom. The van der Waals surface area contributed by atoms with E-state index in [0.717, 1.165) is 5.39 Å². The Hall–Kier alpha value is -2.51. The summed E-state index contributed by atoms with van der Waals surface area (Å²) in [6.45, 7) is 0.215. The number of carbonyl (C=O) groups excluding carboxylic acids is 2. The number of para-hydroxylation sites is 1. The molecule has 2 amide bonds. The topological polar surface area (TPSA) is 114 Å². The zero-order valence-electron chi connectivity index (χ0n) is 11.1. The van der Waals surface area contributed by atoms with Gasteiger partial charge in [0.05, 0.1) is 5.56 Å². The lowest BCUT2D eigenvalue weighted by molar-refractivity contribution is -0.171. The number of rotatable bonds is 1. The van der Waals surface area contributed by atoms with Gasteiger partial charge in [-0.2, -0.15) is 5.06 Å². The Bertz CT molecular complexity index is 721. The third-order valence-electron chi connectivity index (χ3n) is 2.96. The summed E-state index contributed by atoms with van der Waals surface area (Å²) in [6.07, 6.45) is 0.296. The monoisotopic (exact) mass is 290 g/mol. The second-order valence-electron chi connectivity index (χ2n) is 4.40. The van der Waals surface area contributed by atoms with Gasteiger partial charge in [0.1, 0.15) is 5.58 Å². The molecule has 0 bridgehead atoms. The molecule has 1 saturated heterocycles. The molecule has 1 aliphatic rings. The van der Waals surface area contributed by atoms with Crippen LogP contribution in [0.3, 0.4) is 0 Å². The summed E-state index contributed by atoms with van der Waals surface area (Å²) < 4.78 is 5.05. The summed E-state index contributed by atoms with van der Waals surface area (Å²) in [7, 11) is 0. The highest BCUT2D eigenvalue weighted by Gasteiger charge is 2.26. The number of imide groups is 1. The van der Waals surface area contributed by atoms with Crippen LogP contribution in [0.4, 0.5) is 0 Å². The molecular weight excluding hydrogens is 276 g/mol. The molecule has 1 fully saturated rings. The highest BCUT2D eigenvalue weighted by molar-refractivity contribution is 6.00. The summed E-state index contributed by atoms with van der Waals surface area (Å²) in [5.74, 6) is -1.01. The highest BCUT2D eigenvalue weighted by atomic mass is 16.5. The SMILES string of the molecule is NCc1cc2ccccc2oc1=O.O=C1CCC(=O)N1O. The number of hydrogen-bond acceptors (Lipinski definition) is 6. The molecule has 3 rings (SSSR count). The Labute approximate surface area is 119 Å². The van der Waals surface area contributed by atoms with Crippen molar-refractivity contribution in [3.63, 3.8) is 0 Å². The molecule has 21 heavy (non-hydrogen) atoms. The van der Waals surface area contributed by atoms with Gasteiger partial charge in [-0.15, -0.1) is 0 Å². The fourth-order valence-corrected chi connectivity index (χ4v) is 1.81. The van der Waals surface area contributed by atoms with Crippen molar-refractivity contribution < 1.29 is 19.2 Å². The van der Waals surface area contributed by atoms with E-state index in [1.54, 1.807) is 12.1 Å². The number of nitrogens with zero attached hydrogens (tertiary/aromatic N) is 1. The molecule has 0 atom stereocenters. The van der Waals surface area contributed by atoms with Crippen molar-refractivity contribution in [2.24, 2.45) is 5.73 Å². The molecule has 2 heterocycles. The van der Waals surface area contributed by atoms with Gasteiger partial charge in [-0.25, -0.2) is 4.79 Å². The van der Waals surface area contributed by atoms with E-state index in [1.807, 2.05) is 18.2 Å². The molecule has 0 saturated carbocycles. The minimum Gasteiger partial charge on any atom is -0.422 e. The quantitative estimate of drug-likeness (QED) is 0.455. The normalized spacial score (nSPS) is 14.3. The van der Waals surface area contributed by atoms with Crippen molar-refractivity contribution in [1.82, 2.24) is 5.06 Å². The first-order chi connectivity index (χ1) is 10.0. The van der Waals surface area contributed by atoms with Gasteiger partial charge in [0.2, 0.25) is 0 Å². The molecule has 7 heteroatoms. The average Bonchev–Trinajstić information content (AvgIpc) is 2.78. The van der Waals surface area contributed by atoms with Gasteiger partial charge in [-0.1, -0.05) is 18.2 Å². The Kier molecular flexibility index (Phi) is 4.46. The lowest BCUT2D eigenvalue weighted by Crippen LogP contribution is -2.24. The molecule has 7 nitrogen and oxygen atoms in total. The summed E-state index contributed by atoms with van der Waals surface area (Å²) in [5, 5.41) is 9.47. The Balaban J connectivity index is 0.000000173. The second-order valence-corrected chi connectivity index (χ2v) is 4.40. The average molecular weight is 290 g/mol. The summed E-state index contributed by atoms with van der Waals surface area (Å²) in [6, 6.07) is 9.13. The van der Waals surface area contributed by atoms with Crippen LogP contribution in [-0.4, -0.2) is 22.1 Å². The van der Waals surface area contributed by atoms with E-state index in [4.69, 9.17) is 15.4 Å². The predicted molar refractivity (Wildman–Crippen MR) is 73.2 cm³/mol. The molecule has 1 aromatic carbocycles. The van der Waals surface area contributed by atoms with Gasteiger partial charge in [0.25, 0.3) is 11.8 Å². The lowest BCUT2D eigenvalue weighted by Gasteiger charge is -1.98. The van der Waals surface area contributed by atoms with Crippen molar-refractivity contribution in [3.05, 3.63) is 46.3 Å². The van der Waals surface area contributed by atoms with Crippen LogP contribution in [0.2, 0.25) is 0 Å². The van der Waals surface area contributed by atoms with Crippen molar-refractivity contribution in [2.45, 2.75) is 19.4 Å². The van der Waals surface area contributed by atoms with Crippen LogP contribution in [0, 0.1) is 0 Å². The third kappa shape index (κ3) is 3.33. The van der Waals surface area contributed by atoms with Crippen molar-refractivity contribution in [1.29, 1.82) is 0 Å². The maximum atomic E-state index is 11.2.